The maximum atomic E-state index is 12.6. The van der Waals surface area contributed by atoms with Gasteiger partial charge in [-0.2, -0.15) is 0 Å². The van der Waals surface area contributed by atoms with Crippen LogP contribution in [-0.2, 0) is 4.79 Å². The van der Waals surface area contributed by atoms with Gasteiger partial charge in [-0.25, -0.2) is 0 Å². The fourth-order valence-electron chi connectivity index (χ4n) is 1.77. The molecule has 0 aromatic heterocycles. The SMILES string of the molecule is CN(C)/C=C(\Oc1ccc(Cl)cc1)C(=O)Nc1ccc(Br)cc1Br. The van der Waals surface area contributed by atoms with E-state index in [-0.39, 0.29) is 11.7 Å². The van der Waals surface area contributed by atoms with Crippen molar-refractivity contribution in [2.24, 2.45) is 0 Å². The fourth-order valence-corrected chi connectivity index (χ4v) is 3.04. The minimum atomic E-state index is -0.360. The van der Waals surface area contributed by atoms with Crippen LogP contribution in [0.25, 0.3) is 0 Å². The minimum Gasteiger partial charge on any atom is -0.450 e. The Balaban J connectivity index is 2.20. The Labute approximate surface area is 162 Å². The number of hydrogen-bond donors (Lipinski definition) is 1. The van der Waals surface area contributed by atoms with Gasteiger partial charge in [-0.15, -0.1) is 0 Å². The number of ether oxygens (including phenoxy) is 1. The second-order valence-electron chi connectivity index (χ2n) is 5.09. The Bertz CT molecular complexity index is 762. The summed E-state index contributed by atoms with van der Waals surface area (Å²) in [6.07, 6.45) is 1.61. The highest BCUT2D eigenvalue weighted by Crippen LogP contribution is 2.27. The molecule has 7 heteroatoms. The number of rotatable bonds is 5. The summed E-state index contributed by atoms with van der Waals surface area (Å²) < 4.78 is 7.38. The van der Waals surface area contributed by atoms with Crippen molar-refractivity contribution in [2.75, 3.05) is 19.4 Å². The smallest absolute Gasteiger partial charge is 0.292 e. The van der Waals surface area contributed by atoms with Crippen LogP contribution >= 0.6 is 43.5 Å². The summed E-state index contributed by atoms with van der Waals surface area (Å²) in [5.41, 5.74) is 0.646. The molecule has 126 valence electrons. The van der Waals surface area contributed by atoms with E-state index in [0.29, 0.717) is 16.5 Å². The van der Waals surface area contributed by atoms with Crippen molar-refractivity contribution in [3.05, 3.63) is 68.4 Å². The third-order valence-corrected chi connectivity index (χ3v) is 4.22. The fraction of sp³-hybridized carbons (Fsp3) is 0.118. The van der Waals surface area contributed by atoms with Gasteiger partial charge in [0.25, 0.3) is 5.91 Å². The van der Waals surface area contributed by atoms with Crippen LogP contribution < -0.4 is 10.1 Å². The molecule has 4 nitrogen and oxygen atoms in total. The quantitative estimate of drug-likeness (QED) is 0.473. The van der Waals surface area contributed by atoms with E-state index in [1.165, 1.54) is 0 Å². The zero-order chi connectivity index (χ0) is 17.7. The lowest BCUT2D eigenvalue weighted by molar-refractivity contribution is -0.114. The molecule has 2 rings (SSSR count). The van der Waals surface area contributed by atoms with E-state index in [0.717, 1.165) is 8.95 Å². The molecule has 1 N–H and O–H groups in total. The molecule has 0 fully saturated rings. The van der Waals surface area contributed by atoms with E-state index in [1.807, 2.05) is 26.2 Å². The minimum absolute atomic E-state index is 0.164. The molecule has 0 bridgehead atoms. The van der Waals surface area contributed by atoms with Crippen LogP contribution in [0.15, 0.2) is 63.4 Å². The monoisotopic (exact) mass is 472 g/mol. The van der Waals surface area contributed by atoms with Crippen molar-refractivity contribution in [3.8, 4) is 5.75 Å². The summed E-state index contributed by atoms with van der Waals surface area (Å²) in [5.74, 6) is 0.330. The number of carbonyl (C=O) groups excluding carboxylic acids is 1. The standard InChI is InChI=1S/C17H15Br2ClN2O2/c1-22(2)10-16(24-13-6-4-12(20)5-7-13)17(23)21-15-8-3-11(18)9-14(15)19/h3-10H,1-2H3,(H,21,23)/b16-10-. The molecule has 1 amide bonds. The molecular formula is C17H15Br2ClN2O2. The van der Waals surface area contributed by atoms with Gasteiger partial charge in [0.1, 0.15) is 5.75 Å². The maximum absolute atomic E-state index is 12.6. The molecule has 2 aromatic rings. The lowest BCUT2D eigenvalue weighted by Crippen LogP contribution is -2.21. The largest absolute Gasteiger partial charge is 0.450 e. The van der Waals surface area contributed by atoms with Gasteiger partial charge in [0.05, 0.1) is 5.69 Å². The third kappa shape index (κ3) is 5.54. The Hall–Kier alpha value is -1.50. The number of nitrogens with one attached hydrogen (secondary N) is 1. The van der Waals surface area contributed by atoms with Crippen molar-refractivity contribution < 1.29 is 9.53 Å². The van der Waals surface area contributed by atoms with Gasteiger partial charge in [-0.05, 0) is 58.4 Å². The van der Waals surface area contributed by atoms with Crippen LogP contribution in [0.2, 0.25) is 5.02 Å². The molecule has 0 aliphatic carbocycles. The number of carbonyl (C=O) groups is 1. The van der Waals surface area contributed by atoms with Crippen LogP contribution in [-0.4, -0.2) is 24.9 Å². The number of halogens is 3. The van der Waals surface area contributed by atoms with Crippen LogP contribution in [0.1, 0.15) is 0 Å². The first-order valence-corrected chi connectivity index (χ1v) is 8.89. The second-order valence-corrected chi connectivity index (χ2v) is 7.30. The number of anilines is 1. The second kappa shape index (κ2) is 8.55. The molecule has 0 spiro atoms. The van der Waals surface area contributed by atoms with Gasteiger partial charge in [-0.1, -0.05) is 27.5 Å². The summed E-state index contributed by atoms with van der Waals surface area (Å²) in [7, 11) is 3.63. The maximum Gasteiger partial charge on any atom is 0.292 e. The molecule has 0 atom stereocenters. The van der Waals surface area contributed by atoms with Crippen molar-refractivity contribution in [1.29, 1.82) is 0 Å². The summed E-state index contributed by atoms with van der Waals surface area (Å²) in [5, 5.41) is 3.42. The Morgan fingerprint density at radius 2 is 1.83 bits per heavy atom. The number of benzene rings is 2. The van der Waals surface area contributed by atoms with E-state index in [4.69, 9.17) is 16.3 Å². The summed E-state index contributed by atoms with van der Waals surface area (Å²) in [4.78, 5) is 14.3. The normalized spacial score (nSPS) is 11.1. The zero-order valence-electron chi connectivity index (χ0n) is 13.0. The highest BCUT2D eigenvalue weighted by molar-refractivity contribution is 9.11. The van der Waals surface area contributed by atoms with Gasteiger partial charge in [0.15, 0.2) is 0 Å². The molecule has 24 heavy (non-hydrogen) atoms. The average Bonchev–Trinajstić information content (AvgIpc) is 2.51. The Morgan fingerprint density at radius 1 is 1.17 bits per heavy atom. The Morgan fingerprint density at radius 3 is 2.42 bits per heavy atom. The molecule has 0 saturated heterocycles. The first kappa shape index (κ1) is 18.8. The number of nitrogens with zero attached hydrogens (tertiary/aromatic N) is 1. The van der Waals surface area contributed by atoms with E-state index < -0.39 is 0 Å². The highest BCUT2D eigenvalue weighted by atomic mass is 79.9. The Kier molecular flexibility index (Phi) is 6.71. The predicted octanol–water partition coefficient (Wildman–Crippen LogP) is 5.29. The van der Waals surface area contributed by atoms with Gasteiger partial charge < -0.3 is 15.0 Å². The molecule has 0 saturated carbocycles. The van der Waals surface area contributed by atoms with Crippen molar-refractivity contribution in [1.82, 2.24) is 4.90 Å². The van der Waals surface area contributed by atoms with Gasteiger partial charge in [-0.3, -0.25) is 4.79 Å². The number of amides is 1. The lowest BCUT2D eigenvalue weighted by Gasteiger charge is -2.14. The van der Waals surface area contributed by atoms with E-state index in [2.05, 4.69) is 37.2 Å². The summed E-state index contributed by atoms with van der Waals surface area (Å²) in [6.45, 7) is 0. The summed E-state index contributed by atoms with van der Waals surface area (Å²) >= 11 is 12.7. The van der Waals surface area contributed by atoms with E-state index in [9.17, 15) is 4.79 Å². The summed E-state index contributed by atoms with van der Waals surface area (Å²) in [6, 6.07) is 12.3. The first-order valence-electron chi connectivity index (χ1n) is 6.93. The van der Waals surface area contributed by atoms with Crippen LogP contribution in [0, 0.1) is 0 Å². The molecule has 0 heterocycles. The van der Waals surface area contributed by atoms with E-state index in [1.54, 1.807) is 41.4 Å². The topological polar surface area (TPSA) is 41.6 Å². The number of hydrogen-bond acceptors (Lipinski definition) is 3. The first-order chi connectivity index (χ1) is 11.3. The predicted molar refractivity (Wildman–Crippen MR) is 104 cm³/mol. The van der Waals surface area contributed by atoms with Gasteiger partial charge in [0, 0.05) is 34.3 Å². The molecule has 0 aliphatic heterocycles. The van der Waals surface area contributed by atoms with Crippen molar-refractivity contribution >= 4 is 55.1 Å². The van der Waals surface area contributed by atoms with Gasteiger partial charge >= 0.3 is 0 Å². The van der Waals surface area contributed by atoms with Gasteiger partial charge in [0.2, 0.25) is 5.76 Å². The molecule has 0 unspecified atom stereocenters. The van der Waals surface area contributed by atoms with E-state index >= 15 is 0 Å². The molecule has 2 aromatic carbocycles. The lowest BCUT2D eigenvalue weighted by atomic mass is 10.3. The third-order valence-electron chi connectivity index (χ3n) is 2.82. The molecule has 0 aliphatic rings. The molecular weight excluding hydrogens is 459 g/mol. The average molecular weight is 475 g/mol. The zero-order valence-corrected chi connectivity index (χ0v) is 16.9. The van der Waals surface area contributed by atoms with Crippen LogP contribution in [0.3, 0.4) is 0 Å². The van der Waals surface area contributed by atoms with Crippen LogP contribution in [0.5, 0.6) is 5.75 Å². The molecule has 0 radical (unpaired) electrons. The highest BCUT2D eigenvalue weighted by Gasteiger charge is 2.15. The van der Waals surface area contributed by atoms with Crippen LogP contribution in [0.4, 0.5) is 5.69 Å². The van der Waals surface area contributed by atoms with Crippen molar-refractivity contribution in [3.63, 3.8) is 0 Å². The van der Waals surface area contributed by atoms with Crippen molar-refractivity contribution in [2.45, 2.75) is 0 Å².